The van der Waals surface area contributed by atoms with Crippen LogP contribution in [0.3, 0.4) is 0 Å². The number of halogens is 2. The van der Waals surface area contributed by atoms with Gasteiger partial charge >= 0.3 is 0 Å². The number of oxazole rings is 1. The molecule has 0 radical (unpaired) electrons. The Bertz CT molecular complexity index is 935. The van der Waals surface area contributed by atoms with Gasteiger partial charge < -0.3 is 14.1 Å². The van der Waals surface area contributed by atoms with Crippen LogP contribution in [0.5, 0.6) is 0 Å². The smallest absolute Gasteiger partial charge is 0.227 e. The van der Waals surface area contributed by atoms with Gasteiger partial charge in [0, 0.05) is 13.1 Å². The van der Waals surface area contributed by atoms with Crippen LogP contribution >= 0.6 is 23.2 Å². The maximum Gasteiger partial charge on any atom is 0.227 e. The van der Waals surface area contributed by atoms with Crippen molar-refractivity contribution in [2.24, 2.45) is 0 Å². The molecule has 1 amide bonds. The molecule has 3 atom stereocenters. The fraction of sp³-hybridized carbons (Fsp3) is 0.565. The number of nitrogens with zero attached hydrogens (tertiary/aromatic N) is 4. The number of carbonyl (C=O) groups is 1. The third-order valence-electron chi connectivity index (χ3n) is 6.91. The average Bonchev–Trinajstić information content (AvgIpc) is 3.50. The summed E-state index contributed by atoms with van der Waals surface area (Å²) in [7, 11) is 0. The van der Waals surface area contributed by atoms with E-state index < -0.39 is 0 Å². The molecule has 5 rings (SSSR count). The molecular formula is C23H28Cl2N4O3. The lowest BCUT2D eigenvalue weighted by atomic mass is 9.91. The summed E-state index contributed by atoms with van der Waals surface area (Å²) in [5, 5.41) is 0.980. The van der Waals surface area contributed by atoms with Crippen molar-refractivity contribution in [3.05, 3.63) is 52.2 Å². The van der Waals surface area contributed by atoms with Crippen LogP contribution in [-0.2, 0) is 22.5 Å². The Hall–Kier alpha value is -1.64. The molecule has 3 saturated heterocycles. The van der Waals surface area contributed by atoms with E-state index in [1.165, 1.54) is 12.8 Å². The van der Waals surface area contributed by atoms with Crippen LogP contribution in [0, 0.1) is 0 Å². The molecular weight excluding hydrogens is 451 g/mol. The molecule has 172 valence electrons. The first kappa shape index (κ1) is 22.2. The SMILES string of the molecule is O=C(Cc1ccc(Cl)c(Cl)c1)N1CCN(Cc2ncco2)[C@@H]2COC[C@H](N3CCCC3)[C@H]21. The van der Waals surface area contributed by atoms with Crippen LogP contribution in [0.15, 0.2) is 35.1 Å². The molecule has 2 aromatic rings. The quantitative estimate of drug-likeness (QED) is 0.657. The molecule has 1 aromatic carbocycles. The minimum absolute atomic E-state index is 0.0702. The lowest BCUT2D eigenvalue weighted by Gasteiger charge is -2.54. The highest BCUT2D eigenvalue weighted by Gasteiger charge is 2.48. The molecule has 9 heteroatoms. The second-order valence-corrected chi connectivity index (χ2v) is 9.63. The first-order chi connectivity index (χ1) is 15.6. The van der Waals surface area contributed by atoms with E-state index in [2.05, 4.69) is 19.7 Å². The van der Waals surface area contributed by atoms with Crippen molar-refractivity contribution in [3.63, 3.8) is 0 Å². The fourth-order valence-electron chi connectivity index (χ4n) is 5.36. The minimum Gasteiger partial charge on any atom is -0.448 e. The zero-order valence-electron chi connectivity index (χ0n) is 18.0. The zero-order valence-corrected chi connectivity index (χ0v) is 19.5. The fourth-order valence-corrected chi connectivity index (χ4v) is 5.68. The molecule has 0 aliphatic carbocycles. The van der Waals surface area contributed by atoms with Crippen LogP contribution in [0.2, 0.25) is 10.0 Å². The molecule has 3 fully saturated rings. The predicted octanol–water partition coefficient (Wildman–Crippen LogP) is 3.10. The van der Waals surface area contributed by atoms with Crippen molar-refractivity contribution in [3.8, 4) is 0 Å². The summed E-state index contributed by atoms with van der Waals surface area (Å²) in [5.74, 6) is 0.822. The molecule has 0 saturated carbocycles. The van der Waals surface area contributed by atoms with E-state index in [9.17, 15) is 4.79 Å². The summed E-state index contributed by atoms with van der Waals surface area (Å²) in [5.41, 5.74) is 0.882. The topological polar surface area (TPSA) is 62.1 Å². The zero-order chi connectivity index (χ0) is 22.1. The van der Waals surface area contributed by atoms with Gasteiger partial charge in [0.1, 0.15) is 6.26 Å². The van der Waals surface area contributed by atoms with Crippen molar-refractivity contribution in [2.45, 2.75) is 43.9 Å². The van der Waals surface area contributed by atoms with E-state index in [1.807, 2.05) is 6.07 Å². The lowest BCUT2D eigenvalue weighted by Crippen LogP contribution is -2.71. The van der Waals surface area contributed by atoms with E-state index in [0.29, 0.717) is 48.7 Å². The maximum atomic E-state index is 13.5. The van der Waals surface area contributed by atoms with Gasteiger partial charge in [0.2, 0.25) is 11.8 Å². The molecule has 4 heterocycles. The van der Waals surface area contributed by atoms with Crippen LogP contribution in [-0.4, -0.2) is 83.1 Å². The summed E-state index contributed by atoms with van der Waals surface area (Å²) >= 11 is 12.2. The maximum absolute atomic E-state index is 13.5. The Morgan fingerprint density at radius 3 is 2.62 bits per heavy atom. The van der Waals surface area contributed by atoms with Crippen LogP contribution in [0.25, 0.3) is 0 Å². The van der Waals surface area contributed by atoms with Gasteiger partial charge in [0.05, 0.1) is 60.5 Å². The van der Waals surface area contributed by atoms with Crippen molar-refractivity contribution < 1.29 is 13.9 Å². The Morgan fingerprint density at radius 1 is 1.06 bits per heavy atom. The highest BCUT2D eigenvalue weighted by molar-refractivity contribution is 6.42. The first-order valence-electron chi connectivity index (χ1n) is 11.3. The monoisotopic (exact) mass is 478 g/mol. The van der Waals surface area contributed by atoms with Gasteiger partial charge in [0.15, 0.2) is 0 Å². The van der Waals surface area contributed by atoms with E-state index in [-0.39, 0.29) is 24.0 Å². The largest absolute Gasteiger partial charge is 0.448 e. The van der Waals surface area contributed by atoms with Gasteiger partial charge in [-0.05, 0) is 43.6 Å². The lowest BCUT2D eigenvalue weighted by molar-refractivity contribution is -0.153. The standard InChI is InChI=1S/C23H28Cl2N4O3/c24-17-4-3-16(11-18(17)25)12-22(30)29-9-8-28(13-21-26-5-10-32-21)20-15-31-14-19(23(20)29)27-6-1-2-7-27/h3-5,10-11,19-20,23H,1-2,6-9,12-15H2/t19-,20+,23+/m0/s1. The third kappa shape index (κ3) is 4.54. The normalized spacial score (nSPS) is 26.9. The molecule has 0 bridgehead atoms. The summed E-state index contributed by atoms with van der Waals surface area (Å²) in [6.45, 7) is 5.44. The number of piperazine rings is 1. The van der Waals surface area contributed by atoms with E-state index >= 15 is 0 Å². The Balaban J connectivity index is 1.39. The van der Waals surface area contributed by atoms with Crippen molar-refractivity contribution in [1.82, 2.24) is 19.7 Å². The molecule has 0 N–H and O–H groups in total. The number of ether oxygens (including phenoxy) is 1. The number of fused-ring (bicyclic) bond motifs is 1. The van der Waals surface area contributed by atoms with Gasteiger partial charge in [-0.2, -0.15) is 0 Å². The molecule has 3 aliphatic rings. The van der Waals surface area contributed by atoms with Gasteiger partial charge in [-0.15, -0.1) is 0 Å². The second kappa shape index (κ2) is 9.69. The molecule has 3 aliphatic heterocycles. The molecule has 7 nitrogen and oxygen atoms in total. The molecule has 0 unspecified atom stereocenters. The number of amides is 1. The molecule has 32 heavy (non-hydrogen) atoms. The number of benzene rings is 1. The van der Waals surface area contributed by atoms with Gasteiger partial charge in [-0.3, -0.25) is 14.6 Å². The molecule has 0 spiro atoms. The second-order valence-electron chi connectivity index (χ2n) is 8.81. The minimum atomic E-state index is 0.0702. The van der Waals surface area contributed by atoms with E-state index in [4.69, 9.17) is 32.4 Å². The number of aromatic nitrogens is 1. The Labute approximate surface area is 198 Å². The van der Waals surface area contributed by atoms with Gasteiger partial charge in [-0.25, -0.2) is 4.98 Å². The van der Waals surface area contributed by atoms with Crippen LogP contribution in [0.4, 0.5) is 0 Å². The Morgan fingerprint density at radius 2 is 1.88 bits per heavy atom. The van der Waals surface area contributed by atoms with E-state index in [0.717, 1.165) is 25.2 Å². The van der Waals surface area contributed by atoms with Crippen molar-refractivity contribution in [2.75, 3.05) is 39.4 Å². The van der Waals surface area contributed by atoms with E-state index in [1.54, 1.807) is 24.6 Å². The highest BCUT2D eigenvalue weighted by Crippen LogP contribution is 2.31. The summed E-state index contributed by atoms with van der Waals surface area (Å²) in [6.07, 6.45) is 5.99. The first-order valence-corrected chi connectivity index (χ1v) is 12.0. The third-order valence-corrected chi connectivity index (χ3v) is 7.65. The highest BCUT2D eigenvalue weighted by atomic mass is 35.5. The number of likely N-dealkylation sites (tertiary alicyclic amines) is 1. The van der Waals surface area contributed by atoms with Crippen LogP contribution in [0.1, 0.15) is 24.3 Å². The molecule has 1 aromatic heterocycles. The summed E-state index contributed by atoms with van der Waals surface area (Å²) < 4.78 is 11.6. The number of carbonyl (C=O) groups excluding carboxylic acids is 1. The Kier molecular flexibility index (Phi) is 6.71. The van der Waals surface area contributed by atoms with Gasteiger partial charge in [-0.1, -0.05) is 29.3 Å². The average molecular weight is 479 g/mol. The predicted molar refractivity (Wildman–Crippen MR) is 122 cm³/mol. The summed E-state index contributed by atoms with van der Waals surface area (Å²) in [4.78, 5) is 24.8. The number of hydrogen-bond donors (Lipinski definition) is 0. The van der Waals surface area contributed by atoms with Crippen molar-refractivity contribution >= 4 is 29.1 Å². The van der Waals surface area contributed by atoms with Crippen LogP contribution < -0.4 is 0 Å². The van der Waals surface area contributed by atoms with Crippen molar-refractivity contribution in [1.29, 1.82) is 0 Å². The number of hydrogen-bond acceptors (Lipinski definition) is 6. The van der Waals surface area contributed by atoms with Gasteiger partial charge in [0.25, 0.3) is 0 Å². The number of rotatable bonds is 5. The summed E-state index contributed by atoms with van der Waals surface area (Å²) in [6, 6.07) is 5.80.